The van der Waals surface area contributed by atoms with E-state index in [4.69, 9.17) is 12.2 Å². The van der Waals surface area contributed by atoms with Crippen molar-refractivity contribution in [1.82, 2.24) is 10.3 Å². The number of hydrogen-bond donors (Lipinski definition) is 2. The summed E-state index contributed by atoms with van der Waals surface area (Å²) >= 11 is 5.26. The summed E-state index contributed by atoms with van der Waals surface area (Å²) in [5.41, 5.74) is 0.936. The van der Waals surface area contributed by atoms with Crippen LogP contribution in [0.1, 0.15) is 33.6 Å². The van der Waals surface area contributed by atoms with Crippen molar-refractivity contribution in [3.8, 4) is 0 Å². The van der Waals surface area contributed by atoms with E-state index < -0.39 is 0 Å². The molecular formula is C16H26N4S. The molecule has 2 rings (SSSR count). The number of thiocarbonyl (C=S) groups is 1. The molecule has 0 amide bonds. The van der Waals surface area contributed by atoms with Crippen LogP contribution in [0.4, 0.5) is 11.5 Å². The standard InChI is InChI=1S/C16H26N4S/c1-12(2)10-18-16(21)19-14-4-5-15(17-11-14)20-8-6-13(3)7-9-20/h4-5,11-13H,6-10H2,1-3H3,(H2,18,19,21). The molecule has 0 unspecified atom stereocenters. The van der Waals surface area contributed by atoms with Crippen molar-refractivity contribution in [3.63, 3.8) is 0 Å². The van der Waals surface area contributed by atoms with Crippen LogP contribution < -0.4 is 15.5 Å². The van der Waals surface area contributed by atoms with Gasteiger partial charge in [-0.2, -0.15) is 0 Å². The Labute approximate surface area is 133 Å². The number of nitrogens with zero attached hydrogens (tertiary/aromatic N) is 2. The van der Waals surface area contributed by atoms with Crippen molar-refractivity contribution in [2.75, 3.05) is 29.9 Å². The third kappa shape index (κ3) is 5.16. The molecule has 0 radical (unpaired) electrons. The van der Waals surface area contributed by atoms with E-state index in [1.165, 1.54) is 12.8 Å². The first kappa shape index (κ1) is 16.0. The van der Waals surface area contributed by atoms with Gasteiger partial charge in [-0.25, -0.2) is 4.98 Å². The smallest absolute Gasteiger partial charge is 0.170 e. The number of anilines is 2. The van der Waals surface area contributed by atoms with Gasteiger partial charge in [-0.05, 0) is 49.0 Å². The Morgan fingerprint density at radius 3 is 2.67 bits per heavy atom. The first-order valence-corrected chi connectivity index (χ1v) is 8.21. The summed E-state index contributed by atoms with van der Waals surface area (Å²) in [6, 6.07) is 4.12. The van der Waals surface area contributed by atoms with Gasteiger partial charge >= 0.3 is 0 Å². The van der Waals surface area contributed by atoms with Crippen LogP contribution in [0, 0.1) is 11.8 Å². The van der Waals surface area contributed by atoms with E-state index in [2.05, 4.69) is 47.4 Å². The van der Waals surface area contributed by atoms with Crippen molar-refractivity contribution in [1.29, 1.82) is 0 Å². The second-order valence-corrected chi connectivity index (χ2v) is 6.71. The predicted octanol–water partition coefficient (Wildman–Crippen LogP) is 3.26. The number of nitrogens with one attached hydrogen (secondary N) is 2. The van der Waals surface area contributed by atoms with E-state index in [9.17, 15) is 0 Å². The molecule has 21 heavy (non-hydrogen) atoms. The lowest BCUT2D eigenvalue weighted by Crippen LogP contribution is -2.33. The van der Waals surface area contributed by atoms with Gasteiger partial charge in [-0.15, -0.1) is 0 Å². The van der Waals surface area contributed by atoms with Gasteiger partial charge in [0, 0.05) is 19.6 Å². The second-order valence-electron chi connectivity index (χ2n) is 6.30. The molecule has 1 aromatic heterocycles. The van der Waals surface area contributed by atoms with Crippen LogP contribution in [-0.4, -0.2) is 29.7 Å². The van der Waals surface area contributed by atoms with E-state index in [0.29, 0.717) is 11.0 Å². The second kappa shape index (κ2) is 7.59. The summed E-state index contributed by atoms with van der Waals surface area (Å²) in [7, 11) is 0. The van der Waals surface area contributed by atoms with Crippen molar-refractivity contribution in [2.45, 2.75) is 33.6 Å². The molecule has 0 aliphatic carbocycles. The summed E-state index contributed by atoms with van der Waals surface area (Å²) in [5, 5.41) is 7.03. The van der Waals surface area contributed by atoms with E-state index >= 15 is 0 Å². The van der Waals surface area contributed by atoms with Gasteiger partial charge in [-0.1, -0.05) is 20.8 Å². The van der Waals surface area contributed by atoms with Gasteiger partial charge < -0.3 is 15.5 Å². The summed E-state index contributed by atoms with van der Waals surface area (Å²) < 4.78 is 0. The van der Waals surface area contributed by atoms with Crippen molar-refractivity contribution >= 4 is 28.8 Å². The van der Waals surface area contributed by atoms with Crippen LogP contribution in [0.2, 0.25) is 0 Å². The minimum atomic E-state index is 0.576. The molecule has 4 nitrogen and oxygen atoms in total. The summed E-state index contributed by atoms with van der Waals surface area (Å²) in [4.78, 5) is 6.91. The SMILES string of the molecule is CC(C)CNC(=S)Nc1ccc(N2CCC(C)CC2)nc1. The Morgan fingerprint density at radius 2 is 2.10 bits per heavy atom. The number of pyridine rings is 1. The van der Waals surface area contributed by atoms with Crippen LogP contribution in [0.5, 0.6) is 0 Å². The average molecular weight is 306 g/mol. The van der Waals surface area contributed by atoms with Gasteiger partial charge in [0.2, 0.25) is 0 Å². The number of piperidine rings is 1. The number of rotatable bonds is 4. The molecule has 1 saturated heterocycles. The maximum Gasteiger partial charge on any atom is 0.170 e. The highest BCUT2D eigenvalue weighted by atomic mass is 32.1. The van der Waals surface area contributed by atoms with E-state index in [0.717, 1.165) is 37.1 Å². The zero-order valence-electron chi connectivity index (χ0n) is 13.2. The van der Waals surface area contributed by atoms with Gasteiger partial charge in [-0.3, -0.25) is 0 Å². The van der Waals surface area contributed by atoms with E-state index in [-0.39, 0.29) is 0 Å². The molecule has 2 N–H and O–H groups in total. The van der Waals surface area contributed by atoms with Crippen LogP contribution in [-0.2, 0) is 0 Å². The van der Waals surface area contributed by atoms with Crippen LogP contribution in [0.15, 0.2) is 18.3 Å². The molecular weight excluding hydrogens is 280 g/mol. The van der Waals surface area contributed by atoms with E-state index in [1.807, 2.05) is 12.3 Å². The third-order valence-electron chi connectivity index (χ3n) is 3.78. The fraction of sp³-hybridized carbons (Fsp3) is 0.625. The van der Waals surface area contributed by atoms with Crippen molar-refractivity contribution in [2.24, 2.45) is 11.8 Å². The van der Waals surface area contributed by atoms with Gasteiger partial charge in [0.1, 0.15) is 5.82 Å². The molecule has 0 atom stereocenters. The zero-order chi connectivity index (χ0) is 15.2. The molecule has 1 aliphatic heterocycles. The molecule has 0 spiro atoms. The highest BCUT2D eigenvalue weighted by molar-refractivity contribution is 7.80. The largest absolute Gasteiger partial charge is 0.362 e. The lowest BCUT2D eigenvalue weighted by Gasteiger charge is -2.31. The summed E-state index contributed by atoms with van der Waals surface area (Å²) in [5.74, 6) is 2.48. The predicted molar refractivity (Wildman–Crippen MR) is 93.9 cm³/mol. The van der Waals surface area contributed by atoms with Crippen LogP contribution in [0.3, 0.4) is 0 Å². The van der Waals surface area contributed by atoms with Gasteiger partial charge in [0.05, 0.1) is 11.9 Å². The topological polar surface area (TPSA) is 40.2 Å². The molecule has 0 saturated carbocycles. The van der Waals surface area contributed by atoms with Crippen molar-refractivity contribution in [3.05, 3.63) is 18.3 Å². The number of aromatic nitrogens is 1. The molecule has 1 aromatic rings. The fourth-order valence-corrected chi connectivity index (χ4v) is 2.56. The van der Waals surface area contributed by atoms with Crippen LogP contribution >= 0.6 is 12.2 Å². The Kier molecular flexibility index (Phi) is 5.79. The van der Waals surface area contributed by atoms with E-state index in [1.54, 1.807) is 0 Å². The maximum absolute atomic E-state index is 5.26. The minimum Gasteiger partial charge on any atom is -0.362 e. The molecule has 1 aliphatic rings. The average Bonchev–Trinajstić information content (AvgIpc) is 2.47. The maximum atomic E-state index is 5.26. The monoisotopic (exact) mass is 306 g/mol. The Morgan fingerprint density at radius 1 is 1.38 bits per heavy atom. The molecule has 2 heterocycles. The first-order chi connectivity index (χ1) is 10.0. The highest BCUT2D eigenvalue weighted by Gasteiger charge is 2.16. The normalized spacial score (nSPS) is 16.1. The Bertz CT molecular complexity index is 450. The van der Waals surface area contributed by atoms with Crippen LogP contribution in [0.25, 0.3) is 0 Å². The van der Waals surface area contributed by atoms with Gasteiger partial charge in [0.15, 0.2) is 5.11 Å². The molecule has 1 fully saturated rings. The minimum absolute atomic E-state index is 0.576. The third-order valence-corrected chi connectivity index (χ3v) is 4.03. The zero-order valence-corrected chi connectivity index (χ0v) is 14.0. The Hall–Kier alpha value is -1.36. The molecule has 0 bridgehead atoms. The first-order valence-electron chi connectivity index (χ1n) is 7.80. The highest BCUT2D eigenvalue weighted by Crippen LogP contribution is 2.22. The molecule has 5 heteroatoms. The quantitative estimate of drug-likeness (QED) is 0.836. The lowest BCUT2D eigenvalue weighted by molar-refractivity contribution is 0.436. The Balaban J connectivity index is 1.85. The number of hydrogen-bond acceptors (Lipinski definition) is 3. The fourth-order valence-electron chi connectivity index (χ4n) is 2.36. The summed E-state index contributed by atoms with van der Waals surface area (Å²) in [6.07, 6.45) is 4.37. The molecule has 116 valence electrons. The van der Waals surface area contributed by atoms with Gasteiger partial charge in [0.25, 0.3) is 0 Å². The summed E-state index contributed by atoms with van der Waals surface area (Å²) in [6.45, 7) is 9.73. The lowest BCUT2D eigenvalue weighted by atomic mass is 9.99. The van der Waals surface area contributed by atoms with Crippen molar-refractivity contribution < 1.29 is 0 Å². The molecule has 0 aromatic carbocycles.